The van der Waals surface area contributed by atoms with Crippen molar-refractivity contribution in [2.45, 2.75) is 24.3 Å². The van der Waals surface area contributed by atoms with Crippen LogP contribution in [0.25, 0.3) is 0 Å². The summed E-state index contributed by atoms with van der Waals surface area (Å²) in [6.45, 7) is 6.64. The highest BCUT2D eigenvalue weighted by molar-refractivity contribution is 9.10. The van der Waals surface area contributed by atoms with Crippen molar-refractivity contribution in [3.63, 3.8) is 0 Å². The molecule has 1 heterocycles. The highest BCUT2D eigenvalue weighted by Gasteiger charge is 2.24. The van der Waals surface area contributed by atoms with E-state index < -0.39 is 0 Å². The van der Waals surface area contributed by atoms with E-state index in [9.17, 15) is 0 Å². The van der Waals surface area contributed by atoms with Crippen LogP contribution >= 0.6 is 39.9 Å². The predicted octanol–water partition coefficient (Wildman–Crippen LogP) is 3.41. The molecule has 0 aliphatic carbocycles. The van der Waals surface area contributed by atoms with Crippen molar-refractivity contribution in [3.8, 4) is 0 Å². The molecule has 0 spiro atoms. The third-order valence-corrected chi connectivity index (χ3v) is 4.92. The lowest BCUT2D eigenvalue weighted by molar-refractivity contribution is 0.728. The number of thioether (sulfide) groups is 1. The summed E-state index contributed by atoms with van der Waals surface area (Å²) in [5.41, 5.74) is 7.96. The minimum absolute atomic E-state index is 0.463. The summed E-state index contributed by atoms with van der Waals surface area (Å²) in [5, 5.41) is 1.27. The van der Waals surface area contributed by atoms with Gasteiger partial charge in [0.25, 0.3) is 0 Å². The second kappa shape index (κ2) is 5.80. The molecule has 0 bridgehead atoms. The van der Waals surface area contributed by atoms with E-state index in [-0.39, 0.29) is 0 Å². The van der Waals surface area contributed by atoms with Gasteiger partial charge in [-0.15, -0.1) is 0 Å². The normalized spacial score (nSPS) is 24.1. The zero-order chi connectivity index (χ0) is 13.3. The fourth-order valence-corrected chi connectivity index (χ4v) is 4.21. The van der Waals surface area contributed by atoms with Crippen LogP contribution in [0.3, 0.4) is 0 Å². The molecule has 1 aromatic rings. The monoisotopic (exact) mass is 344 g/mol. The van der Waals surface area contributed by atoms with Gasteiger partial charge in [0.1, 0.15) is 4.99 Å². The van der Waals surface area contributed by atoms with Crippen LogP contribution in [-0.4, -0.2) is 28.6 Å². The first-order valence-corrected chi connectivity index (χ1v) is 8.11. The molecule has 1 aromatic carbocycles. The van der Waals surface area contributed by atoms with Gasteiger partial charge in [-0.2, -0.15) is 11.8 Å². The van der Waals surface area contributed by atoms with Crippen molar-refractivity contribution >= 4 is 50.6 Å². The van der Waals surface area contributed by atoms with Crippen LogP contribution in [0, 0.1) is 0 Å². The summed E-state index contributed by atoms with van der Waals surface area (Å²) in [6.07, 6.45) is 0. The minimum Gasteiger partial charge on any atom is -0.389 e. The van der Waals surface area contributed by atoms with Gasteiger partial charge < -0.3 is 10.6 Å². The highest BCUT2D eigenvalue weighted by Crippen LogP contribution is 2.31. The topological polar surface area (TPSA) is 29.3 Å². The summed E-state index contributed by atoms with van der Waals surface area (Å²) in [7, 11) is 0. The molecule has 2 N–H and O–H groups in total. The van der Waals surface area contributed by atoms with Gasteiger partial charge in [0.2, 0.25) is 0 Å². The molecule has 1 saturated heterocycles. The number of nitrogens with zero attached hydrogens (tertiary/aromatic N) is 1. The first kappa shape index (κ1) is 14.2. The number of nitrogens with two attached hydrogens (primary N) is 1. The van der Waals surface area contributed by atoms with Crippen molar-refractivity contribution < 1.29 is 0 Å². The second-order valence-corrected chi connectivity index (χ2v) is 7.93. The number of hydrogen-bond donors (Lipinski definition) is 1. The Balaban J connectivity index is 2.35. The Morgan fingerprint density at radius 1 is 1.39 bits per heavy atom. The first-order valence-electron chi connectivity index (χ1n) is 5.97. The van der Waals surface area contributed by atoms with Crippen LogP contribution in [0.5, 0.6) is 0 Å². The van der Waals surface area contributed by atoms with Crippen molar-refractivity contribution in [1.82, 2.24) is 0 Å². The lowest BCUT2D eigenvalue weighted by atomic mass is 10.1. The van der Waals surface area contributed by atoms with Crippen LogP contribution in [0.4, 0.5) is 5.69 Å². The molecule has 2 unspecified atom stereocenters. The van der Waals surface area contributed by atoms with E-state index in [0.29, 0.717) is 15.5 Å². The Kier molecular flexibility index (Phi) is 4.56. The average molecular weight is 345 g/mol. The van der Waals surface area contributed by atoms with Crippen molar-refractivity contribution in [2.24, 2.45) is 5.73 Å². The molecule has 2 rings (SSSR count). The summed E-state index contributed by atoms with van der Waals surface area (Å²) >= 11 is 10.7. The van der Waals surface area contributed by atoms with Gasteiger partial charge in [0.15, 0.2) is 0 Å². The van der Waals surface area contributed by atoms with Crippen LogP contribution in [0.2, 0.25) is 0 Å². The van der Waals surface area contributed by atoms with E-state index >= 15 is 0 Å². The minimum atomic E-state index is 0.463. The van der Waals surface area contributed by atoms with Crippen molar-refractivity contribution in [1.29, 1.82) is 0 Å². The molecule has 1 aliphatic heterocycles. The zero-order valence-electron chi connectivity index (χ0n) is 10.5. The molecule has 2 atom stereocenters. The first-order chi connectivity index (χ1) is 8.47. The molecule has 18 heavy (non-hydrogen) atoms. The third kappa shape index (κ3) is 3.19. The summed E-state index contributed by atoms with van der Waals surface area (Å²) in [5.74, 6) is 0. The van der Waals surface area contributed by atoms with E-state index in [2.05, 4.69) is 40.7 Å². The van der Waals surface area contributed by atoms with Gasteiger partial charge in [0, 0.05) is 39.3 Å². The standard InChI is InChI=1S/C13H17BrN2S2/c1-8-6-16(7-9(2)18-8)12-4-3-10(14)5-11(12)13(15)17/h3-5,8-9H,6-7H2,1-2H3,(H2,15,17). The maximum atomic E-state index is 5.84. The molecular weight excluding hydrogens is 328 g/mol. The van der Waals surface area contributed by atoms with Crippen LogP contribution in [0.1, 0.15) is 19.4 Å². The van der Waals surface area contributed by atoms with E-state index in [1.807, 2.05) is 23.9 Å². The van der Waals surface area contributed by atoms with E-state index in [4.69, 9.17) is 18.0 Å². The number of rotatable bonds is 2. The Labute approximate surface area is 126 Å². The van der Waals surface area contributed by atoms with Gasteiger partial charge in [-0.1, -0.05) is 42.0 Å². The fourth-order valence-electron chi connectivity index (χ4n) is 2.36. The molecule has 5 heteroatoms. The van der Waals surface area contributed by atoms with E-state index in [0.717, 1.165) is 28.8 Å². The Bertz CT molecular complexity index is 454. The molecule has 1 fully saturated rings. The number of halogens is 1. The summed E-state index contributed by atoms with van der Waals surface area (Å²) in [6, 6.07) is 6.16. The van der Waals surface area contributed by atoms with E-state index in [1.54, 1.807) is 0 Å². The quantitative estimate of drug-likeness (QED) is 0.832. The molecular formula is C13H17BrN2S2. The average Bonchev–Trinajstić information content (AvgIpc) is 2.27. The Hall–Kier alpha value is -0.260. The molecule has 1 aliphatic rings. The van der Waals surface area contributed by atoms with Gasteiger partial charge in [0.05, 0.1) is 0 Å². The molecule has 0 amide bonds. The maximum Gasteiger partial charge on any atom is 0.106 e. The number of hydrogen-bond acceptors (Lipinski definition) is 3. The van der Waals surface area contributed by atoms with Crippen LogP contribution in [-0.2, 0) is 0 Å². The number of thiocarbonyl (C=S) groups is 1. The molecule has 0 saturated carbocycles. The second-order valence-electron chi connectivity index (χ2n) is 4.69. The third-order valence-electron chi connectivity index (χ3n) is 2.98. The smallest absolute Gasteiger partial charge is 0.106 e. The van der Waals surface area contributed by atoms with Crippen LogP contribution in [0.15, 0.2) is 22.7 Å². The van der Waals surface area contributed by atoms with Gasteiger partial charge in [-0.05, 0) is 18.2 Å². The van der Waals surface area contributed by atoms with Gasteiger partial charge in [-0.3, -0.25) is 0 Å². The van der Waals surface area contributed by atoms with Gasteiger partial charge >= 0.3 is 0 Å². The van der Waals surface area contributed by atoms with Crippen molar-refractivity contribution in [2.75, 3.05) is 18.0 Å². The molecule has 98 valence electrons. The predicted molar refractivity (Wildman–Crippen MR) is 88.8 cm³/mol. The molecule has 0 radical (unpaired) electrons. The number of benzene rings is 1. The maximum absolute atomic E-state index is 5.84. The summed E-state index contributed by atoms with van der Waals surface area (Å²) in [4.78, 5) is 2.86. The zero-order valence-corrected chi connectivity index (χ0v) is 13.7. The fraction of sp³-hybridized carbons (Fsp3) is 0.462. The lowest BCUT2D eigenvalue weighted by Gasteiger charge is -2.37. The largest absolute Gasteiger partial charge is 0.389 e. The molecule has 0 aromatic heterocycles. The van der Waals surface area contributed by atoms with Gasteiger partial charge in [-0.25, -0.2) is 0 Å². The highest BCUT2D eigenvalue weighted by atomic mass is 79.9. The number of anilines is 1. The SMILES string of the molecule is CC1CN(c2ccc(Br)cc2C(N)=S)CC(C)S1. The van der Waals surface area contributed by atoms with Crippen LogP contribution < -0.4 is 10.6 Å². The van der Waals surface area contributed by atoms with Crippen molar-refractivity contribution in [3.05, 3.63) is 28.2 Å². The van der Waals surface area contributed by atoms with E-state index in [1.165, 1.54) is 0 Å². The Morgan fingerprint density at radius 2 is 2.00 bits per heavy atom. The Morgan fingerprint density at radius 3 is 2.56 bits per heavy atom. The summed E-state index contributed by atoms with van der Waals surface area (Å²) < 4.78 is 1.02. The lowest BCUT2D eigenvalue weighted by Crippen LogP contribution is -2.41. The molecule has 2 nitrogen and oxygen atoms in total.